The Hall–Kier alpha value is -2.74. The van der Waals surface area contributed by atoms with E-state index in [1.54, 1.807) is 29.3 Å². The number of pyridine rings is 1. The number of carbonyl (C=O) groups is 2. The predicted molar refractivity (Wildman–Crippen MR) is 113 cm³/mol. The van der Waals surface area contributed by atoms with Crippen LogP contribution in [0.3, 0.4) is 0 Å². The lowest BCUT2D eigenvalue weighted by atomic mass is 9.93. The highest BCUT2D eigenvalue weighted by Gasteiger charge is 2.33. The Labute approximate surface area is 177 Å². The van der Waals surface area contributed by atoms with Crippen molar-refractivity contribution >= 4 is 11.8 Å². The minimum atomic E-state index is 0.0142. The van der Waals surface area contributed by atoms with Crippen molar-refractivity contribution in [1.29, 1.82) is 0 Å². The normalized spacial score (nSPS) is 20.8. The zero-order valence-electron chi connectivity index (χ0n) is 17.5. The van der Waals surface area contributed by atoms with Crippen LogP contribution >= 0.6 is 0 Å². The zero-order chi connectivity index (χ0) is 20.9. The van der Waals surface area contributed by atoms with Crippen molar-refractivity contribution in [3.05, 3.63) is 48.0 Å². The van der Waals surface area contributed by atoms with Crippen LogP contribution in [0.15, 0.2) is 36.8 Å². The second-order valence-corrected chi connectivity index (χ2v) is 8.31. The molecule has 2 aliphatic rings. The van der Waals surface area contributed by atoms with Gasteiger partial charge in [-0.05, 0) is 49.9 Å². The molecule has 0 bridgehead atoms. The van der Waals surface area contributed by atoms with Gasteiger partial charge in [0.25, 0.3) is 5.91 Å². The van der Waals surface area contributed by atoms with Gasteiger partial charge in [0.2, 0.25) is 5.91 Å². The molecule has 2 aromatic rings. The van der Waals surface area contributed by atoms with E-state index in [2.05, 4.69) is 20.3 Å². The fourth-order valence-corrected chi connectivity index (χ4v) is 4.51. The van der Waals surface area contributed by atoms with Gasteiger partial charge in [0.05, 0.1) is 5.92 Å². The first-order chi connectivity index (χ1) is 14.6. The Morgan fingerprint density at radius 1 is 1.17 bits per heavy atom. The number of hydrogen-bond acceptors (Lipinski definition) is 5. The van der Waals surface area contributed by atoms with Gasteiger partial charge < -0.3 is 10.2 Å². The summed E-state index contributed by atoms with van der Waals surface area (Å²) in [6.45, 7) is 3.85. The standard InChI is InChI=1S/C22H30N6O2/c1-26-11-8-20(25-26)22(30)27-12-6-19(7-13-27)28-10-3-5-18(16-28)21(29)24-15-17-4-2-9-23-14-17/h2,4,8-9,11,14,18-19H,3,5-7,10,12-13,15-16H2,1H3,(H,24,29)/t18-/m0/s1. The first kappa shape index (κ1) is 20.5. The Balaban J connectivity index is 1.26. The summed E-state index contributed by atoms with van der Waals surface area (Å²) in [4.78, 5) is 33.7. The van der Waals surface area contributed by atoms with E-state index in [1.165, 1.54) is 0 Å². The third-order valence-electron chi connectivity index (χ3n) is 6.21. The van der Waals surface area contributed by atoms with Crippen LogP contribution in [0.25, 0.3) is 0 Å². The highest BCUT2D eigenvalue weighted by atomic mass is 16.2. The summed E-state index contributed by atoms with van der Waals surface area (Å²) in [5, 5.41) is 7.30. The summed E-state index contributed by atoms with van der Waals surface area (Å²) < 4.78 is 1.66. The van der Waals surface area contributed by atoms with Crippen molar-refractivity contribution < 1.29 is 9.59 Å². The molecule has 2 fully saturated rings. The maximum absolute atomic E-state index is 12.7. The van der Waals surface area contributed by atoms with Crippen molar-refractivity contribution in [2.75, 3.05) is 26.2 Å². The van der Waals surface area contributed by atoms with E-state index >= 15 is 0 Å². The zero-order valence-corrected chi connectivity index (χ0v) is 17.5. The van der Waals surface area contributed by atoms with E-state index in [-0.39, 0.29) is 17.7 Å². The van der Waals surface area contributed by atoms with Crippen molar-refractivity contribution in [2.45, 2.75) is 38.3 Å². The molecular weight excluding hydrogens is 380 g/mol. The van der Waals surface area contributed by atoms with Gasteiger partial charge >= 0.3 is 0 Å². The molecule has 8 nitrogen and oxygen atoms in total. The third kappa shape index (κ3) is 4.87. The highest BCUT2D eigenvalue weighted by Crippen LogP contribution is 2.24. The van der Waals surface area contributed by atoms with E-state index in [0.717, 1.165) is 57.4 Å². The average molecular weight is 411 g/mol. The number of likely N-dealkylation sites (tertiary alicyclic amines) is 2. The molecule has 0 radical (unpaired) electrons. The Kier molecular flexibility index (Phi) is 6.42. The topological polar surface area (TPSA) is 83.4 Å². The summed E-state index contributed by atoms with van der Waals surface area (Å²) in [6.07, 6.45) is 9.19. The van der Waals surface area contributed by atoms with E-state index in [9.17, 15) is 9.59 Å². The molecule has 30 heavy (non-hydrogen) atoms. The van der Waals surface area contributed by atoms with Gasteiger partial charge in [-0.25, -0.2) is 0 Å². The van der Waals surface area contributed by atoms with E-state index in [1.807, 2.05) is 24.1 Å². The minimum Gasteiger partial charge on any atom is -0.352 e. The molecule has 0 aromatic carbocycles. The fraction of sp³-hybridized carbons (Fsp3) is 0.545. The van der Waals surface area contributed by atoms with Gasteiger partial charge in [0.15, 0.2) is 0 Å². The molecule has 160 valence electrons. The second-order valence-electron chi connectivity index (χ2n) is 8.31. The van der Waals surface area contributed by atoms with Crippen LogP contribution in [0.5, 0.6) is 0 Å². The maximum Gasteiger partial charge on any atom is 0.274 e. The predicted octanol–water partition coefficient (Wildman–Crippen LogP) is 1.45. The molecule has 4 rings (SSSR count). The monoisotopic (exact) mass is 410 g/mol. The first-order valence-corrected chi connectivity index (χ1v) is 10.8. The van der Waals surface area contributed by atoms with Crippen molar-refractivity contribution in [2.24, 2.45) is 13.0 Å². The number of aromatic nitrogens is 3. The molecule has 0 spiro atoms. The van der Waals surface area contributed by atoms with Gasteiger partial charge in [-0.2, -0.15) is 5.10 Å². The average Bonchev–Trinajstić information content (AvgIpc) is 3.24. The molecule has 2 aromatic heterocycles. The summed E-state index contributed by atoms with van der Waals surface area (Å²) in [6, 6.07) is 6.06. The van der Waals surface area contributed by atoms with Gasteiger partial charge in [0, 0.05) is 57.9 Å². The highest BCUT2D eigenvalue weighted by molar-refractivity contribution is 5.92. The van der Waals surface area contributed by atoms with Crippen LogP contribution in [0.1, 0.15) is 41.7 Å². The van der Waals surface area contributed by atoms with Gasteiger partial charge in [-0.3, -0.25) is 24.2 Å². The lowest BCUT2D eigenvalue weighted by Crippen LogP contribution is -2.51. The molecule has 0 aliphatic carbocycles. The summed E-state index contributed by atoms with van der Waals surface area (Å²) in [7, 11) is 1.82. The summed E-state index contributed by atoms with van der Waals surface area (Å²) in [5.41, 5.74) is 1.53. The lowest BCUT2D eigenvalue weighted by molar-refractivity contribution is -0.127. The largest absolute Gasteiger partial charge is 0.352 e. The summed E-state index contributed by atoms with van der Waals surface area (Å²) in [5.74, 6) is 0.176. The van der Waals surface area contributed by atoms with E-state index < -0.39 is 0 Å². The first-order valence-electron chi connectivity index (χ1n) is 10.8. The molecule has 8 heteroatoms. The smallest absolute Gasteiger partial charge is 0.274 e. The molecule has 1 N–H and O–H groups in total. The van der Waals surface area contributed by atoms with Crippen molar-refractivity contribution in [1.82, 2.24) is 29.9 Å². The van der Waals surface area contributed by atoms with Gasteiger partial charge in [-0.15, -0.1) is 0 Å². The van der Waals surface area contributed by atoms with E-state index in [4.69, 9.17) is 0 Å². The van der Waals surface area contributed by atoms with Gasteiger partial charge in [-0.1, -0.05) is 6.07 Å². The Bertz CT molecular complexity index is 860. The number of nitrogens with zero attached hydrogens (tertiary/aromatic N) is 5. The molecular formula is C22H30N6O2. The number of rotatable bonds is 5. The Morgan fingerprint density at radius 2 is 2.00 bits per heavy atom. The van der Waals surface area contributed by atoms with Crippen LogP contribution in [-0.2, 0) is 18.4 Å². The van der Waals surface area contributed by atoms with Crippen LogP contribution < -0.4 is 5.32 Å². The number of aryl methyl sites for hydroxylation is 1. The number of piperidine rings is 2. The van der Waals surface area contributed by atoms with Crippen LogP contribution in [0, 0.1) is 5.92 Å². The number of carbonyl (C=O) groups excluding carboxylic acids is 2. The molecule has 2 saturated heterocycles. The third-order valence-corrected chi connectivity index (χ3v) is 6.21. The van der Waals surface area contributed by atoms with E-state index in [0.29, 0.717) is 18.3 Å². The molecule has 4 heterocycles. The summed E-state index contributed by atoms with van der Waals surface area (Å²) >= 11 is 0. The van der Waals surface area contributed by atoms with Crippen molar-refractivity contribution in [3.8, 4) is 0 Å². The molecule has 1 atom stereocenters. The number of nitrogens with one attached hydrogen (secondary N) is 1. The lowest BCUT2D eigenvalue weighted by Gasteiger charge is -2.41. The van der Waals surface area contributed by atoms with Crippen LogP contribution in [0.4, 0.5) is 0 Å². The quantitative estimate of drug-likeness (QED) is 0.807. The van der Waals surface area contributed by atoms with Crippen molar-refractivity contribution in [3.63, 3.8) is 0 Å². The molecule has 2 aliphatic heterocycles. The molecule has 0 unspecified atom stereocenters. The maximum atomic E-state index is 12.7. The Morgan fingerprint density at radius 3 is 2.70 bits per heavy atom. The molecule has 0 saturated carbocycles. The minimum absolute atomic E-state index is 0.0142. The van der Waals surface area contributed by atoms with Crippen LogP contribution in [-0.4, -0.2) is 68.6 Å². The molecule has 2 amide bonds. The number of amides is 2. The van der Waals surface area contributed by atoms with Crippen LogP contribution in [0.2, 0.25) is 0 Å². The van der Waals surface area contributed by atoms with Gasteiger partial charge in [0.1, 0.15) is 5.69 Å². The second kappa shape index (κ2) is 9.38. The SMILES string of the molecule is Cn1ccc(C(=O)N2CCC(N3CCC[C@H](C(=O)NCc4cccnc4)C3)CC2)n1. The fourth-order valence-electron chi connectivity index (χ4n) is 4.51. The number of hydrogen-bond donors (Lipinski definition) is 1.